The van der Waals surface area contributed by atoms with Gasteiger partial charge in [0.1, 0.15) is 0 Å². The zero-order valence-electron chi connectivity index (χ0n) is 14.5. The largest absolute Gasteiger partial charge is 0.308 e. The molecule has 0 bridgehead atoms. The molecule has 1 amide bonds. The van der Waals surface area contributed by atoms with Gasteiger partial charge in [-0.25, -0.2) is 4.98 Å². The van der Waals surface area contributed by atoms with Crippen molar-refractivity contribution < 1.29 is 4.79 Å². The fourth-order valence-corrected chi connectivity index (χ4v) is 4.04. The summed E-state index contributed by atoms with van der Waals surface area (Å²) in [7, 11) is 4.01. The number of benzene rings is 2. The Bertz CT molecular complexity index is 907. The number of halogens is 1. The summed E-state index contributed by atoms with van der Waals surface area (Å²) in [6, 6.07) is 13.7. The number of hydrogen-bond acceptors (Lipinski definition) is 4. The van der Waals surface area contributed by atoms with Crippen LogP contribution in [0.3, 0.4) is 0 Å². The van der Waals surface area contributed by atoms with Gasteiger partial charge >= 0.3 is 0 Å². The highest BCUT2D eigenvalue weighted by molar-refractivity contribution is 9.10. The number of amides is 1. The molecule has 3 aromatic rings. The molecule has 4 nitrogen and oxygen atoms in total. The van der Waals surface area contributed by atoms with Gasteiger partial charge in [0.15, 0.2) is 5.13 Å². The van der Waals surface area contributed by atoms with Crippen molar-refractivity contribution in [2.24, 2.45) is 0 Å². The summed E-state index contributed by atoms with van der Waals surface area (Å²) in [6.07, 6.45) is 0. The van der Waals surface area contributed by atoms with E-state index in [1.807, 2.05) is 50.5 Å². The molecule has 0 unspecified atom stereocenters. The third-order valence-electron chi connectivity index (χ3n) is 3.88. The van der Waals surface area contributed by atoms with Crippen LogP contribution >= 0.6 is 27.3 Å². The number of carbonyl (C=O) groups excluding carboxylic acids is 1. The summed E-state index contributed by atoms with van der Waals surface area (Å²) in [5, 5.41) is 0.739. The highest BCUT2D eigenvalue weighted by Crippen LogP contribution is 2.31. The Kier molecular flexibility index (Phi) is 5.51. The number of rotatable bonds is 5. The third-order valence-corrected chi connectivity index (χ3v) is 5.62. The minimum Gasteiger partial charge on any atom is -0.308 e. The van der Waals surface area contributed by atoms with Gasteiger partial charge in [0.25, 0.3) is 5.91 Å². The zero-order chi connectivity index (χ0) is 18.0. The fraction of sp³-hybridized carbons (Fsp3) is 0.263. The average Bonchev–Trinajstić information content (AvgIpc) is 2.97. The van der Waals surface area contributed by atoms with Crippen molar-refractivity contribution in [2.75, 3.05) is 32.1 Å². The predicted molar refractivity (Wildman–Crippen MR) is 109 cm³/mol. The summed E-state index contributed by atoms with van der Waals surface area (Å²) in [4.78, 5) is 21.7. The summed E-state index contributed by atoms with van der Waals surface area (Å²) in [6.45, 7) is 3.42. The first-order valence-electron chi connectivity index (χ1n) is 8.04. The average molecular weight is 418 g/mol. The molecule has 0 fully saturated rings. The number of hydrogen-bond donors (Lipinski definition) is 0. The quantitative estimate of drug-likeness (QED) is 0.609. The van der Waals surface area contributed by atoms with E-state index in [1.54, 1.807) is 16.2 Å². The molecule has 1 heterocycles. The Morgan fingerprint density at radius 2 is 1.92 bits per heavy atom. The topological polar surface area (TPSA) is 36.4 Å². The standard InChI is InChI=1S/C19H20BrN3OS/c1-13-8-9-16-17(12-13)25-19(21-16)23(11-10-22(2)3)18(24)14-6-4-5-7-15(14)20/h4-9,12H,10-11H2,1-3H3. The van der Waals surface area contributed by atoms with Crippen LogP contribution in [0.1, 0.15) is 15.9 Å². The highest BCUT2D eigenvalue weighted by atomic mass is 79.9. The lowest BCUT2D eigenvalue weighted by molar-refractivity contribution is 0.0984. The number of fused-ring (bicyclic) bond motifs is 1. The van der Waals surface area contributed by atoms with Gasteiger partial charge in [-0.2, -0.15) is 0 Å². The van der Waals surface area contributed by atoms with Crippen LogP contribution in [0.2, 0.25) is 0 Å². The summed E-state index contributed by atoms with van der Waals surface area (Å²) in [5.41, 5.74) is 2.77. The van der Waals surface area contributed by atoms with E-state index >= 15 is 0 Å². The monoisotopic (exact) mass is 417 g/mol. The Balaban J connectivity index is 2.01. The molecule has 25 heavy (non-hydrogen) atoms. The first-order chi connectivity index (χ1) is 12.0. The molecule has 2 aromatic carbocycles. The van der Waals surface area contributed by atoms with Gasteiger partial charge in [0, 0.05) is 17.6 Å². The van der Waals surface area contributed by atoms with E-state index in [9.17, 15) is 4.79 Å². The maximum Gasteiger partial charge on any atom is 0.261 e. The number of likely N-dealkylation sites (N-methyl/N-ethyl adjacent to an activating group) is 1. The molecule has 3 rings (SSSR count). The molecule has 0 aliphatic rings. The first kappa shape index (κ1) is 18.0. The molecule has 1 aromatic heterocycles. The Labute approximate surface area is 160 Å². The summed E-state index contributed by atoms with van der Waals surface area (Å²) >= 11 is 5.05. The van der Waals surface area contributed by atoms with E-state index < -0.39 is 0 Å². The van der Waals surface area contributed by atoms with Crippen LogP contribution in [0.4, 0.5) is 5.13 Å². The van der Waals surface area contributed by atoms with Crippen molar-refractivity contribution in [3.8, 4) is 0 Å². The van der Waals surface area contributed by atoms with Crippen LogP contribution in [-0.4, -0.2) is 43.0 Å². The van der Waals surface area contributed by atoms with E-state index in [1.165, 1.54) is 5.56 Å². The highest BCUT2D eigenvalue weighted by Gasteiger charge is 2.22. The Hall–Kier alpha value is -1.76. The van der Waals surface area contributed by atoms with E-state index in [4.69, 9.17) is 4.98 Å². The molecule has 0 spiro atoms. The number of aromatic nitrogens is 1. The predicted octanol–water partition coefficient (Wildman–Crippen LogP) is 4.58. The third kappa shape index (κ3) is 4.08. The molecule has 0 aliphatic heterocycles. The van der Waals surface area contributed by atoms with Crippen molar-refractivity contribution in [1.29, 1.82) is 0 Å². The molecule has 130 valence electrons. The molecule has 0 N–H and O–H groups in total. The van der Waals surface area contributed by atoms with Gasteiger partial charge in [0.2, 0.25) is 0 Å². The van der Waals surface area contributed by atoms with E-state index in [2.05, 4.69) is 33.8 Å². The van der Waals surface area contributed by atoms with Gasteiger partial charge in [-0.05, 0) is 66.8 Å². The lowest BCUT2D eigenvalue weighted by Gasteiger charge is -2.22. The van der Waals surface area contributed by atoms with Crippen molar-refractivity contribution >= 4 is 48.5 Å². The SMILES string of the molecule is Cc1ccc2nc(N(CCN(C)C)C(=O)c3ccccc3Br)sc2c1. The summed E-state index contributed by atoms with van der Waals surface area (Å²) < 4.78 is 1.90. The van der Waals surface area contributed by atoms with E-state index in [0.29, 0.717) is 12.1 Å². The Morgan fingerprint density at radius 3 is 2.64 bits per heavy atom. The van der Waals surface area contributed by atoms with Crippen LogP contribution in [0.5, 0.6) is 0 Å². The maximum atomic E-state index is 13.2. The molecule has 6 heteroatoms. The smallest absolute Gasteiger partial charge is 0.261 e. The van der Waals surface area contributed by atoms with Gasteiger partial charge < -0.3 is 4.90 Å². The normalized spacial score (nSPS) is 11.2. The number of thiazole rings is 1. The number of anilines is 1. The second-order valence-corrected chi connectivity index (χ2v) is 8.07. The van der Waals surface area contributed by atoms with Crippen LogP contribution in [0.25, 0.3) is 10.2 Å². The molecule has 0 saturated carbocycles. The van der Waals surface area contributed by atoms with Crippen LogP contribution in [0, 0.1) is 6.92 Å². The van der Waals surface area contributed by atoms with Crippen LogP contribution in [-0.2, 0) is 0 Å². The number of nitrogens with zero attached hydrogens (tertiary/aromatic N) is 3. The zero-order valence-corrected chi connectivity index (χ0v) is 16.9. The van der Waals surface area contributed by atoms with Gasteiger partial charge in [-0.1, -0.05) is 29.5 Å². The summed E-state index contributed by atoms with van der Waals surface area (Å²) in [5.74, 6) is -0.0369. The van der Waals surface area contributed by atoms with Crippen molar-refractivity contribution in [3.63, 3.8) is 0 Å². The molecule has 0 radical (unpaired) electrons. The fourth-order valence-electron chi connectivity index (χ4n) is 2.50. The van der Waals surface area contributed by atoms with Crippen molar-refractivity contribution in [1.82, 2.24) is 9.88 Å². The van der Waals surface area contributed by atoms with E-state index in [0.717, 1.165) is 26.4 Å². The molecule has 0 saturated heterocycles. The maximum absolute atomic E-state index is 13.2. The lowest BCUT2D eigenvalue weighted by Crippen LogP contribution is -2.36. The lowest BCUT2D eigenvalue weighted by atomic mass is 10.2. The molecule has 0 atom stereocenters. The molecule has 0 aliphatic carbocycles. The Morgan fingerprint density at radius 1 is 1.16 bits per heavy atom. The molecular formula is C19H20BrN3OS. The number of aryl methyl sites for hydroxylation is 1. The number of carbonyl (C=O) groups is 1. The van der Waals surface area contributed by atoms with Crippen molar-refractivity contribution in [2.45, 2.75) is 6.92 Å². The van der Waals surface area contributed by atoms with Crippen LogP contribution in [0.15, 0.2) is 46.9 Å². The van der Waals surface area contributed by atoms with Gasteiger partial charge in [-0.15, -0.1) is 0 Å². The second kappa shape index (κ2) is 7.64. The van der Waals surface area contributed by atoms with E-state index in [-0.39, 0.29) is 5.91 Å². The molecular weight excluding hydrogens is 398 g/mol. The minimum atomic E-state index is -0.0369. The second-order valence-electron chi connectivity index (χ2n) is 6.21. The van der Waals surface area contributed by atoms with Gasteiger partial charge in [-0.3, -0.25) is 9.69 Å². The first-order valence-corrected chi connectivity index (χ1v) is 9.65. The minimum absolute atomic E-state index is 0.0369. The van der Waals surface area contributed by atoms with Crippen molar-refractivity contribution in [3.05, 3.63) is 58.1 Å². The van der Waals surface area contributed by atoms with Gasteiger partial charge in [0.05, 0.1) is 15.8 Å². The van der Waals surface area contributed by atoms with Crippen LogP contribution < -0.4 is 4.90 Å².